The molecule has 8 heteroatoms. The number of halogens is 2. The van der Waals surface area contributed by atoms with Gasteiger partial charge in [-0.25, -0.2) is 4.39 Å². The molecule has 0 heterocycles. The van der Waals surface area contributed by atoms with E-state index in [9.17, 15) is 14.0 Å². The number of likely N-dealkylation sites (N-methyl/N-ethyl adjacent to an activating group) is 1. The third kappa shape index (κ3) is 6.02. The van der Waals surface area contributed by atoms with Crippen molar-refractivity contribution in [3.63, 3.8) is 0 Å². The molecule has 0 aliphatic heterocycles. The summed E-state index contributed by atoms with van der Waals surface area (Å²) in [5, 5.41) is 5.85. The van der Waals surface area contributed by atoms with Gasteiger partial charge in [0, 0.05) is 10.7 Å². The number of hydrogen-bond acceptors (Lipinski definition) is 3. The molecule has 0 fully saturated rings. The van der Waals surface area contributed by atoms with Crippen LogP contribution in [0.2, 0.25) is 5.02 Å². The molecule has 1 atom stereocenters. The highest BCUT2D eigenvalue weighted by Crippen LogP contribution is 2.27. The Labute approximate surface area is 155 Å². The van der Waals surface area contributed by atoms with E-state index in [2.05, 4.69) is 10.6 Å². The van der Waals surface area contributed by atoms with Crippen molar-refractivity contribution in [2.24, 2.45) is 0 Å². The van der Waals surface area contributed by atoms with E-state index in [1.807, 2.05) is 0 Å². The third-order valence-corrected chi connectivity index (χ3v) is 3.72. The summed E-state index contributed by atoms with van der Waals surface area (Å²) in [4.78, 5) is 24.9. The number of rotatable bonds is 7. The first-order valence-electron chi connectivity index (χ1n) is 7.87. The third-order valence-electron chi connectivity index (χ3n) is 3.49. The van der Waals surface area contributed by atoms with Crippen molar-refractivity contribution in [2.75, 3.05) is 37.9 Å². The highest BCUT2D eigenvalue weighted by atomic mass is 35.5. The van der Waals surface area contributed by atoms with Crippen molar-refractivity contribution in [1.82, 2.24) is 0 Å². The molecule has 26 heavy (non-hydrogen) atoms. The first-order valence-corrected chi connectivity index (χ1v) is 8.25. The second-order valence-electron chi connectivity index (χ2n) is 5.76. The Kier molecular flexibility index (Phi) is 6.94. The summed E-state index contributed by atoms with van der Waals surface area (Å²) in [5.41, 5.74) is 0.964. The van der Waals surface area contributed by atoms with Gasteiger partial charge in [-0.05, 0) is 42.5 Å². The van der Waals surface area contributed by atoms with Crippen LogP contribution in [0.5, 0.6) is 5.75 Å². The number of carbonyl (C=O) groups is 2. The second kappa shape index (κ2) is 9.17. The van der Waals surface area contributed by atoms with Gasteiger partial charge in [-0.3, -0.25) is 9.59 Å². The zero-order chi connectivity index (χ0) is 19.1. The fourth-order valence-corrected chi connectivity index (χ4v) is 2.49. The Morgan fingerprint density at radius 2 is 1.69 bits per heavy atom. The number of nitrogens with one attached hydrogen (secondary N) is 3. The number of quaternary nitrogens is 1. The molecule has 0 saturated carbocycles. The minimum atomic E-state index is -0.376. The maximum atomic E-state index is 12.9. The summed E-state index contributed by atoms with van der Waals surface area (Å²) in [6, 6.07) is 10.4. The first-order chi connectivity index (χ1) is 12.4. The Bertz CT molecular complexity index is 784. The molecular formula is C18H20ClFN3O3+. The van der Waals surface area contributed by atoms with E-state index in [1.54, 1.807) is 25.2 Å². The monoisotopic (exact) mass is 380 g/mol. The van der Waals surface area contributed by atoms with Crippen molar-refractivity contribution >= 4 is 34.8 Å². The molecule has 6 nitrogen and oxygen atoms in total. The van der Waals surface area contributed by atoms with Crippen LogP contribution in [0.3, 0.4) is 0 Å². The Morgan fingerprint density at radius 3 is 2.31 bits per heavy atom. The van der Waals surface area contributed by atoms with E-state index in [0.29, 0.717) is 27.0 Å². The van der Waals surface area contributed by atoms with Crippen LogP contribution in [0.1, 0.15) is 0 Å². The van der Waals surface area contributed by atoms with Gasteiger partial charge in [-0.15, -0.1) is 0 Å². The van der Waals surface area contributed by atoms with Crippen LogP contribution in [0, 0.1) is 5.82 Å². The molecule has 2 aromatic rings. The normalized spacial score (nSPS) is 11.5. The summed E-state index contributed by atoms with van der Waals surface area (Å²) < 4.78 is 18.0. The molecule has 1 unspecified atom stereocenters. The summed E-state index contributed by atoms with van der Waals surface area (Å²) in [6.07, 6.45) is 0. The summed E-state index contributed by atoms with van der Waals surface area (Å²) in [7, 11) is 3.22. The summed E-state index contributed by atoms with van der Waals surface area (Å²) in [6.45, 7) is 0.157. The number of anilines is 2. The number of amides is 2. The zero-order valence-corrected chi connectivity index (χ0v) is 15.2. The highest BCUT2D eigenvalue weighted by molar-refractivity contribution is 6.31. The molecule has 0 aromatic heterocycles. The van der Waals surface area contributed by atoms with E-state index in [4.69, 9.17) is 16.3 Å². The van der Waals surface area contributed by atoms with E-state index in [0.717, 1.165) is 0 Å². The lowest BCUT2D eigenvalue weighted by atomic mass is 10.3. The molecule has 0 spiro atoms. The van der Waals surface area contributed by atoms with Crippen LogP contribution in [-0.4, -0.2) is 39.1 Å². The molecule has 0 aliphatic rings. The Balaban J connectivity index is 1.86. The second-order valence-corrected chi connectivity index (χ2v) is 6.19. The molecule has 0 saturated heterocycles. The van der Waals surface area contributed by atoms with Crippen LogP contribution in [0.4, 0.5) is 15.8 Å². The average Bonchev–Trinajstić information content (AvgIpc) is 2.56. The minimum absolute atomic E-state index is 0.0759. The van der Waals surface area contributed by atoms with E-state index < -0.39 is 0 Å². The predicted molar refractivity (Wildman–Crippen MR) is 98.3 cm³/mol. The van der Waals surface area contributed by atoms with Crippen molar-refractivity contribution < 1.29 is 23.6 Å². The van der Waals surface area contributed by atoms with Crippen molar-refractivity contribution in [2.45, 2.75) is 0 Å². The van der Waals surface area contributed by atoms with E-state index in [1.165, 1.54) is 31.4 Å². The lowest BCUT2D eigenvalue weighted by Gasteiger charge is -2.15. The smallest absolute Gasteiger partial charge is 0.279 e. The van der Waals surface area contributed by atoms with Crippen molar-refractivity contribution in [3.8, 4) is 5.75 Å². The van der Waals surface area contributed by atoms with Crippen LogP contribution < -0.4 is 20.3 Å². The predicted octanol–water partition coefficient (Wildman–Crippen LogP) is 1.58. The number of ether oxygens (including phenoxy) is 1. The van der Waals surface area contributed by atoms with Gasteiger partial charge in [0.2, 0.25) is 0 Å². The van der Waals surface area contributed by atoms with Gasteiger partial charge in [0.25, 0.3) is 11.8 Å². The Hall–Kier alpha value is -2.64. The van der Waals surface area contributed by atoms with Gasteiger partial charge in [-0.2, -0.15) is 0 Å². The van der Waals surface area contributed by atoms with Crippen LogP contribution >= 0.6 is 11.6 Å². The number of carbonyl (C=O) groups excluding carboxylic acids is 2. The zero-order valence-electron chi connectivity index (χ0n) is 14.4. The van der Waals surface area contributed by atoms with Crippen LogP contribution in [0.25, 0.3) is 0 Å². The van der Waals surface area contributed by atoms with Gasteiger partial charge in [0.05, 0.1) is 19.8 Å². The van der Waals surface area contributed by atoms with Gasteiger partial charge < -0.3 is 20.3 Å². The SMILES string of the molecule is COc1ccc(Cl)cc1NC(=O)C[NH+](C)CC(=O)Nc1ccc(F)cc1. The minimum Gasteiger partial charge on any atom is -0.495 e. The maximum Gasteiger partial charge on any atom is 0.279 e. The van der Waals surface area contributed by atoms with Gasteiger partial charge in [-0.1, -0.05) is 11.6 Å². The standard InChI is InChI=1S/C18H19ClFN3O3/c1-23(10-17(24)21-14-6-4-13(20)5-7-14)11-18(25)22-15-9-12(19)3-8-16(15)26-2/h3-9H,10-11H2,1-2H3,(H,21,24)(H,22,25)/p+1. The number of hydrogen-bond donors (Lipinski definition) is 3. The van der Waals surface area contributed by atoms with Crippen molar-refractivity contribution in [1.29, 1.82) is 0 Å². The van der Waals surface area contributed by atoms with E-state index in [-0.39, 0.29) is 30.7 Å². The fourth-order valence-electron chi connectivity index (χ4n) is 2.32. The van der Waals surface area contributed by atoms with Crippen LogP contribution in [-0.2, 0) is 9.59 Å². The van der Waals surface area contributed by atoms with Gasteiger partial charge in [0.15, 0.2) is 13.1 Å². The fraction of sp³-hybridized carbons (Fsp3) is 0.222. The average molecular weight is 381 g/mol. The molecule has 0 aliphatic carbocycles. The van der Waals surface area contributed by atoms with E-state index >= 15 is 0 Å². The number of benzene rings is 2. The van der Waals surface area contributed by atoms with Crippen molar-refractivity contribution in [3.05, 3.63) is 53.3 Å². The van der Waals surface area contributed by atoms with Gasteiger partial charge in [0.1, 0.15) is 11.6 Å². The quantitative estimate of drug-likeness (QED) is 0.683. The lowest BCUT2D eigenvalue weighted by Crippen LogP contribution is -3.11. The molecular weight excluding hydrogens is 361 g/mol. The molecule has 0 radical (unpaired) electrons. The molecule has 3 N–H and O–H groups in total. The first kappa shape index (κ1) is 19.7. The lowest BCUT2D eigenvalue weighted by molar-refractivity contribution is -0.862. The highest BCUT2D eigenvalue weighted by Gasteiger charge is 2.16. The largest absolute Gasteiger partial charge is 0.495 e. The summed E-state index contributed by atoms with van der Waals surface area (Å²) >= 11 is 5.93. The number of methoxy groups -OCH3 is 1. The topological polar surface area (TPSA) is 71.9 Å². The molecule has 0 bridgehead atoms. The Morgan fingerprint density at radius 1 is 1.08 bits per heavy atom. The maximum absolute atomic E-state index is 12.9. The van der Waals surface area contributed by atoms with Crippen LogP contribution in [0.15, 0.2) is 42.5 Å². The molecule has 138 valence electrons. The summed E-state index contributed by atoms with van der Waals surface area (Å²) in [5.74, 6) is -0.437. The molecule has 2 aromatic carbocycles. The van der Waals surface area contributed by atoms with Gasteiger partial charge >= 0.3 is 0 Å². The molecule has 2 amide bonds. The molecule has 2 rings (SSSR count).